The molecule has 0 bridgehead atoms. The Hall–Kier alpha value is -2.69. The molecule has 0 fully saturated rings. The average Bonchev–Trinajstić information content (AvgIpc) is 3.14. The van der Waals surface area contributed by atoms with Gasteiger partial charge in [0.2, 0.25) is 0 Å². The lowest BCUT2D eigenvalue weighted by Gasteiger charge is -2.28. The molecule has 1 atom stereocenters. The first-order valence-electron chi connectivity index (χ1n) is 8.16. The van der Waals surface area contributed by atoms with Crippen LogP contribution in [-0.2, 0) is 4.79 Å². The van der Waals surface area contributed by atoms with Crippen molar-refractivity contribution in [2.45, 2.75) is 33.1 Å². The second-order valence-corrected chi connectivity index (χ2v) is 6.42. The van der Waals surface area contributed by atoms with Crippen molar-refractivity contribution in [3.8, 4) is 0 Å². The van der Waals surface area contributed by atoms with E-state index in [-0.39, 0.29) is 17.7 Å². The van der Waals surface area contributed by atoms with Gasteiger partial charge in [-0.3, -0.25) is 9.59 Å². The maximum Gasteiger partial charge on any atom is 0.281 e. The molecule has 2 heterocycles. The van der Waals surface area contributed by atoms with E-state index in [1.54, 1.807) is 26.0 Å². The van der Waals surface area contributed by atoms with Crippen molar-refractivity contribution < 1.29 is 14.0 Å². The van der Waals surface area contributed by atoms with Crippen LogP contribution in [0.15, 0.2) is 50.5 Å². The van der Waals surface area contributed by atoms with Crippen LogP contribution in [0.4, 0.5) is 0 Å². The van der Waals surface area contributed by atoms with Gasteiger partial charge in [0.1, 0.15) is 11.5 Å². The van der Waals surface area contributed by atoms with Crippen molar-refractivity contribution in [1.82, 2.24) is 5.32 Å². The molecule has 4 rings (SSSR count). The third-order valence-electron chi connectivity index (χ3n) is 4.77. The normalized spacial score (nSPS) is 23.9. The number of aryl methyl sites for hydroxylation is 2. The summed E-state index contributed by atoms with van der Waals surface area (Å²) >= 11 is 0. The molecule has 1 unspecified atom stereocenters. The molecule has 122 valence electrons. The van der Waals surface area contributed by atoms with Crippen molar-refractivity contribution in [3.05, 3.63) is 58.2 Å². The zero-order valence-corrected chi connectivity index (χ0v) is 13.7. The number of nitrogens with zero attached hydrogens (tertiary/aromatic N) is 1. The van der Waals surface area contributed by atoms with E-state index in [2.05, 4.69) is 10.3 Å². The molecule has 1 aromatic rings. The Labute approximate surface area is 139 Å². The van der Waals surface area contributed by atoms with E-state index in [0.717, 1.165) is 30.5 Å². The van der Waals surface area contributed by atoms with Gasteiger partial charge in [0.05, 0.1) is 11.3 Å². The van der Waals surface area contributed by atoms with Crippen molar-refractivity contribution in [3.63, 3.8) is 0 Å². The molecule has 2 aliphatic carbocycles. The van der Waals surface area contributed by atoms with E-state index in [1.165, 1.54) is 5.57 Å². The van der Waals surface area contributed by atoms with Crippen LogP contribution in [0.1, 0.15) is 41.1 Å². The second kappa shape index (κ2) is 5.44. The fourth-order valence-electron chi connectivity index (χ4n) is 3.68. The second-order valence-electron chi connectivity index (χ2n) is 6.42. The topological polar surface area (TPSA) is 71.7 Å². The first kappa shape index (κ1) is 14.9. The highest BCUT2D eigenvalue weighted by atomic mass is 16.3. The first-order chi connectivity index (χ1) is 11.5. The Morgan fingerprint density at radius 1 is 1.33 bits per heavy atom. The van der Waals surface area contributed by atoms with E-state index in [4.69, 9.17) is 4.42 Å². The predicted octanol–water partition coefficient (Wildman–Crippen LogP) is 3.16. The molecule has 5 nitrogen and oxygen atoms in total. The lowest BCUT2D eigenvalue weighted by Crippen LogP contribution is -2.35. The summed E-state index contributed by atoms with van der Waals surface area (Å²) in [4.78, 5) is 28.7. The minimum absolute atomic E-state index is 0.00715. The summed E-state index contributed by atoms with van der Waals surface area (Å²) in [7, 11) is 0. The number of rotatable bonds is 1. The van der Waals surface area contributed by atoms with E-state index >= 15 is 0 Å². The van der Waals surface area contributed by atoms with Crippen molar-refractivity contribution in [1.29, 1.82) is 0 Å². The minimum Gasteiger partial charge on any atom is -0.466 e. The highest BCUT2D eigenvalue weighted by Gasteiger charge is 2.34. The monoisotopic (exact) mass is 322 g/mol. The number of aliphatic imine (C=N–C) groups is 1. The molecule has 2 amide bonds. The van der Waals surface area contributed by atoms with E-state index in [1.807, 2.05) is 12.2 Å². The van der Waals surface area contributed by atoms with Crippen molar-refractivity contribution in [2.24, 2.45) is 10.9 Å². The van der Waals surface area contributed by atoms with Gasteiger partial charge in [-0.25, -0.2) is 4.99 Å². The Morgan fingerprint density at radius 2 is 2.17 bits per heavy atom. The van der Waals surface area contributed by atoms with Gasteiger partial charge < -0.3 is 9.73 Å². The molecule has 0 spiro atoms. The maximum absolute atomic E-state index is 12.3. The van der Waals surface area contributed by atoms with Crippen LogP contribution in [0.5, 0.6) is 0 Å². The Morgan fingerprint density at radius 3 is 2.92 bits per heavy atom. The zero-order chi connectivity index (χ0) is 16.8. The van der Waals surface area contributed by atoms with Gasteiger partial charge in [-0.05, 0) is 56.9 Å². The largest absolute Gasteiger partial charge is 0.466 e. The summed E-state index contributed by atoms with van der Waals surface area (Å²) in [5.41, 5.74) is 3.99. The molecule has 0 radical (unpaired) electrons. The summed E-state index contributed by atoms with van der Waals surface area (Å²) in [5.74, 6) is 1.04. The summed E-state index contributed by atoms with van der Waals surface area (Å²) in [6, 6.07) is 1.70. The number of furan rings is 1. The molecule has 1 N–H and O–H groups in total. The molecule has 5 heteroatoms. The molecule has 1 aliphatic heterocycles. The van der Waals surface area contributed by atoms with Crippen LogP contribution in [0.3, 0.4) is 0 Å². The molecular weight excluding hydrogens is 304 g/mol. The van der Waals surface area contributed by atoms with Gasteiger partial charge in [-0.2, -0.15) is 0 Å². The smallest absolute Gasteiger partial charge is 0.281 e. The van der Waals surface area contributed by atoms with Gasteiger partial charge in [0.15, 0.2) is 0 Å². The number of nitrogens with one attached hydrogen (secondary N) is 1. The molecule has 0 saturated carbocycles. The van der Waals surface area contributed by atoms with Gasteiger partial charge in [0.25, 0.3) is 11.8 Å². The standard InChI is InChI=1S/C19H18N2O3/c1-10-8-16(11(2)24-10)19(23)20-12-6-7-14-13-4-3-5-15(13)18(22)21-17(14)9-12/h6-9,14H,3-5H2,1-2H3,(H,21,22). The SMILES string of the molecule is Cc1cc(C(=O)N=C2C=CC3C(=C2)NC(=O)C2=C3CCC2)c(C)o1. The highest BCUT2D eigenvalue weighted by molar-refractivity contribution is 6.14. The number of allylic oxidation sites excluding steroid dienone is 3. The van der Waals surface area contributed by atoms with Crippen LogP contribution in [0, 0.1) is 19.8 Å². The fraction of sp³-hybridized carbons (Fsp3) is 0.316. The average molecular weight is 322 g/mol. The van der Waals surface area contributed by atoms with Crippen LogP contribution in [0.2, 0.25) is 0 Å². The van der Waals surface area contributed by atoms with Crippen LogP contribution in [0.25, 0.3) is 0 Å². The molecule has 0 saturated heterocycles. The fourth-order valence-corrected chi connectivity index (χ4v) is 3.68. The third-order valence-corrected chi connectivity index (χ3v) is 4.77. The molecule has 24 heavy (non-hydrogen) atoms. The molecule has 1 aromatic heterocycles. The Bertz CT molecular complexity index is 880. The van der Waals surface area contributed by atoms with E-state index in [0.29, 0.717) is 22.8 Å². The van der Waals surface area contributed by atoms with Gasteiger partial charge >= 0.3 is 0 Å². The third kappa shape index (κ3) is 2.37. The summed E-state index contributed by atoms with van der Waals surface area (Å²) in [6.07, 6.45) is 8.54. The van der Waals surface area contributed by atoms with E-state index < -0.39 is 0 Å². The lowest BCUT2D eigenvalue weighted by molar-refractivity contribution is -0.117. The number of hydrogen-bond donors (Lipinski definition) is 1. The quantitative estimate of drug-likeness (QED) is 0.863. The Balaban J connectivity index is 1.64. The lowest BCUT2D eigenvalue weighted by atomic mass is 9.85. The predicted molar refractivity (Wildman–Crippen MR) is 89.7 cm³/mol. The Kier molecular flexibility index (Phi) is 3.37. The van der Waals surface area contributed by atoms with Crippen LogP contribution in [-0.4, -0.2) is 17.5 Å². The molecule has 3 aliphatic rings. The number of fused-ring (bicyclic) bond motifs is 2. The van der Waals surface area contributed by atoms with Crippen LogP contribution >= 0.6 is 0 Å². The number of hydrogen-bond acceptors (Lipinski definition) is 3. The van der Waals surface area contributed by atoms with Crippen LogP contribution < -0.4 is 5.32 Å². The van der Waals surface area contributed by atoms with Gasteiger partial charge in [0, 0.05) is 17.2 Å². The number of amides is 2. The van der Waals surface area contributed by atoms with Crippen molar-refractivity contribution in [2.75, 3.05) is 0 Å². The van der Waals surface area contributed by atoms with Gasteiger partial charge in [-0.15, -0.1) is 0 Å². The first-order valence-corrected chi connectivity index (χ1v) is 8.16. The number of carbonyl (C=O) groups excluding carboxylic acids is 2. The maximum atomic E-state index is 12.3. The van der Waals surface area contributed by atoms with Gasteiger partial charge in [-0.1, -0.05) is 6.08 Å². The summed E-state index contributed by atoms with van der Waals surface area (Å²) < 4.78 is 5.39. The molecule has 0 aromatic carbocycles. The minimum atomic E-state index is -0.331. The van der Waals surface area contributed by atoms with E-state index in [9.17, 15) is 9.59 Å². The highest BCUT2D eigenvalue weighted by Crippen LogP contribution is 2.39. The summed E-state index contributed by atoms with van der Waals surface area (Å²) in [5, 5.41) is 2.95. The number of carbonyl (C=O) groups is 2. The van der Waals surface area contributed by atoms with Crippen molar-refractivity contribution >= 4 is 17.5 Å². The zero-order valence-electron chi connectivity index (χ0n) is 13.7. The summed E-state index contributed by atoms with van der Waals surface area (Å²) in [6.45, 7) is 3.55. The molecular formula is C19H18N2O3.